The molecule has 3 heterocycles. The maximum Gasteiger partial charge on any atom is 0.160 e. The van der Waals surface area contributed by atoms with Gasteiger partial charge in [-0.2, -0.15) is 0 Å². The van der Waals surface area contributed by atoms with Crippen molar-refractivity contribution < 1.29 is 0 Å². The van der Waals surface area contributed by atoms with Crippen LogP contribution in [0.2, 0.25) is 0 Å². The first-order chi connectivity index (χ1) is 9.92. The van der Waals surface area contributed by atoms with Gasteiger partial charge in [-0.05, 0) is 63.2 Å². The molecule has 2 aliphatic rings. The zero-order valence-electron chi connectivity index (χ0n) is 11.9. The molecule has 1 saturated heterocycles. The van der Waals surface area contributed by atoms with Gasteiger partial charge in [-0.1, -0.05) is 0 Å². The number of pyridine rings is 1. The van der Waals surface area contributed by atoms with Gasteiger partial charge in [0, 0.05) is 18.7 Å². The average Bonchev–Trinajstić information content (AvgIpc) is 2.77. The van der Waals surface area contributed by atoms with E-state index in [0.717, 1.165) is 30.0 Å². The molecule has 106 valence electrons. The molecule has 4 heteroatoms. The minimum absolute atomic E-state index is 0.640. The molecule has 4 rings (SSSR count). The van der Waals surface area contributed by atoms with E-state index in [1.807, 2.05) is 12.3 Å². The van der Waals surface area contributed by atoms with E-state index >= 15 is 0 Å². The lowest BCUT2D eigenvalue weighted by Crippen LogP contribution is -2.32. The fourth-order valence-electron chi connectivity index (χ4n) is 3.51. The summed E-state index contributed by atoms with van der Waals surface area (Å²) in [5, 5.41) is 3.51. The van der Waals surface area contributed by atoms with Crippen molar-refractivity contribution >= 4 is 11.2 Å². The van der Waals surface area contributed by atoms with Crippen LogP contribution in [0.3, 0.4) is 0 Å². The van der Waals surface area contributed by atoms with E-state index in [0.29, 0.717) is 6.04 Å². The van der Waals surface area contributed by atoms with Crippen LogP contribution in [0.5, 0.6) is 0 Å². The van der Waals surface area contributed by atoms with Crippen LogP contribution < -0.4 is 5.32 Å². The molecule has 0 spiro atoms. The molecule has 0 radical (unpaired) electrons. The van der Waals surface area contributed by atoms with Crippen LogP contribution in [0.15, 0.2) is 18.3 Å². The fraction of sp³-hybridized carbons (Fsp3) is 0.625. The molecule has 1 saturated carbocycles. The minimum atomic E-state index is 0.640. The van der Waals surface area contributed by atoms with E-state index in [1.165, 1.54) is 44.5 Å². The lowest BCUT2D eigenvalue weighted by molar-refractivity contribution is 0.300. The summed E-state index contributed by atoms with van der Waals surface area (Å²) in [5.41, 5.74) is 2.16. The second-order valence-corrected chi connectivity index (χ2v) is 6.25. The van der Waals surface area contributed by atoms with Crippen LogP contribution in [0.4, 0.5) is 0 Å². The zero-order chi connectivity index (χ0) is 13.4. The molecule has 1 aliphatic carbocycles. The normalized spacial score (nSPS) is 23.9. The molecule has 0 aromatic carbocycles. The van der Waals surface area contributed by atoms with Crippen LogP contribution >= 0.6 is 0 Å². The van der Waals surface area contributed by atoms with Crippen LogP contribution in [-0.2, 0) is 6.42 Å². The second-order valence-electron chi connectivity index (χ2n) is 6.25. The molecule has 0 amide bonds. The fourth-order valence-corrected chi connectivity index (χ4v) is 3.51. The maximum absolute atomic E-state index is 4.88. The van der Waals surface area contributed by atoms with Gasteiger partial charge in [0.2, 0.25) is 0 Å². The number of hydrogen-bond acceptors (Lipinski definition) is 3. The molecule has 4 nitrogen and oxygen atoms in total. The summed E-state index contributed by atoms with van der Waals surface area (Å²) >= 11 is 0. The van der Waals surface area contributed by atoms with Crippen LogP contribution in [-0.4, -0.2) is 27.6 Å². The number of imidazole rings is 1. The van der Waals surface area contributed by atoms with E-state index in [-0.39, 0.29) is 0 Å². The highest BCUT2D eigenvalue weighted by Gasteiger charge is 2.26. The standard InChI is InChI=1S/C16H22N4/c1-5-13(6-1)20-15(10-12-4-2-8-17-11-12)19-14-7-3-9-18-16(14)20/h3,7,9,12-13,17H,1-2,4-6,8,10-11H2. The highest BCUT2D eigenvalue weighted by atomic mass is 15.2. The number of nitrogens with zero attached hydrogens (tertiary/aromatic N) is 3. The third-order valence-electron chi connectivity index (χ3n) is 4.83. The summed E-state index contributed by atoms with van der Waals surface area (Å²) in [6, 6.07) is 4.73. The summed E-state index contributed by atoms with van der Waals surface area (Å²) in [7, 11) is 0. The van der Waals surface area contributed by atoms with Gasteiger partial charge in [-0.15, -0.1) is 0 Å². The minimum Gasteiger partial charge on any atom is -0.316 e. The molecular weight excluding hydrogens is 248 g/mol. The molecule has 1 unspecified atom stereocenters. The molecule has 1 N–H and O–H groups in total. The van der Waals surface area contributed by atoms with Crippen molar-refractivity contribution in [1.29, 1.82) is 0 Å². The SMILES string of the molecule is c1cnc2c(c1)nc(CC1CCCNC1)n2C1CCC1. The van der Waals surface area contributed by atoms with Gasteiger partial charge in [0.25, 0.3) is 0 Å². The number of hydrogen-bond donors (Lipinski definition) is 1. The van der Waals surface area contributed by atoms with Crippen molar-refractivity contribution in [3.8, 4) is 0 Å². The molecule has 2 aromatic rings. The van der Waals surface area contributed by atoms with Crippen molar-refractivity contribution in [2.45, 2.75) is 44.6 Å². The van der Waals surface area contributed by atoms with Gasteiger partial charge in [-0.25, -0.2) is 9.97 Å². The quantitative estimate of drug-likeness (QED) is 0.932. The van der Waals surface area contributed by atoms with Crippen molar-refractivity contribution in [2.75, 3.05) is 13.1 Å². The van der Waals surface area contributed by atoms with Crippen molar-refractivity contribution in [1.82, 2.24) is 19.9 Å². The van der Waals surface area contributed by atoms with E-state index in [2.05, 4.69) is 20.9 Å². The number of rotatable bonds is 3. The van der Waals surface area contributed by atoms with E-state index < -0.39 is 0 Å². The second kappa shape index (κ2) is 5.17. The third-order valence-corrected chi connectivity index (χ3v) is 4.83. The van der Waals surface area contributed by atoms with Crippen LogP contribution in [0, 0.1) is 5.92 Å². The monoisotopic (exact) mass is 270 g/mol. The molecule has 20 heavy (non-hydrogen) atoms. The number of piperidine rings is 1. The summed E-state index contributed by atoms with van der Waals surface area (Å²) in [6.45, 7) is 2.32. The van der Waals surface area contributed by atoms with Gasteiger partial charge in [0.15, 0.2) is 5.65 Å². The summed E-state index contributed by atoms with van der Waals surface area (Å²) in [4.78, 5) is 9.47. The molecule has 1 atom stereocenters. The van der Waals surface area contributed by atoms with Gasteiger partial charge in [0.05, 0.1) is 0 Å². The Morgan fingerprint density at radius 2 is 2.20 bits per heavy atom. The lowest BCUT2D eigenvalue weighted by Gasteiger charge is -2.30. The van der Waals surface area contributed by atoms with Gasteiger partial charge >= 0.3 is 0 Å². The van der Waals surface area contributed by atoms with E-state index in [4.69, 9.17) is 4.98 Å². The highest BCUT2D eigenvalue weighted by molar-refractivity contribution is 5.71. The van der Waals surface area contributed by atoms with Gasteiger partial charge < -0.3 is 9.88 Å². The molecule has 2 fully saturated rings. The van der Waals surface area contributed by atoms with E-state index in [1.54, 1.807) is 0 Å². The number of aromatic nitrogens is 3. The predicted molar refractivity (Wildman–Crippen MR) is 79.7 cm³/mol. The van der Waals surface area contributed by atoms with Crippen molar-refractivity contribution in [3.05, 3.63) is 24.2 Å². The smallest absolute Gasteiger partial charge is 0.160 e. The predicted octanol–water partition coefficient (Wildman–Crippen LogP) is 2.70. The first kappa shape index (κ1) is 12.3. The first-order valence-electron chi connectivity index (χ1n) is 7.94. The summed E-state index contributed by atoms with van der Waals surface area (Å²) < 4.78 is 2.44. The van der Waals surface area contributed by atoms with Gasteiger partial charge in [-0.3, -0.25) is 0 Å². The number of fused-ring (bicyclic) bond motifs is 1. The topological polar surface area (TPSA) is 42.7 Å². The maximum atomic E-state index is 4.88. The van der Waals surface area contributed by atoms with Gasteiger partial charge in [0.1, 0.15) is 11.3 Å². The Balaban J connectivity index is 1.69. The van der Waals surface area contributed by atoms with E-state index in [9.17, 15) is 0 Å². The first-order valence-corrected chi connectivity index (χ1v) is 7.94. The zero-order valence-corrected chi connectivity index (χ0v) is 11.9. The Kier molecular flexibility index (Phi) is 3.19. The van der Waals surface area contributed by atoms with Crippen LogP contribution in [0.1, 0.15) is 44.0 Å². The Morgan fingerprint density at radius 3 is 2.95 bits per heavy atom. The molecule has 1 aliphatic heterocycles. The lowest BCUT2D eigenvalue weighted by atomic mass is 9.91. The molecule has 2 aromatic heterocycles. The summed E-state index contributed by atoms with van der Waals surface area (Å²) in [5.74, 6) is 2.00. The van der Waals surface area contributed by atoms with Crippen molar-refractivity contribution in [3.63, 3.8) is 0 Å². The Hall–Kier alpha value is -1.42. The van der Waals surface area contributed by atoms with Crippen LogP contribution in [0.25, 0.3) is 11.2 Å². The largest absolute Gasteiger partial charge is 0.316 e. The average molecular weight is 270 g/mol. The molecular formula is C16H22N4. The third kappa shape index (κ3) is 2.12. The summed E-state index contributed by atoms with van der Waals surface area (Å²) in [6.07, 6.45) is 9.54. The highest BCUT2D eigenvalue weighted by Crippen LogP contribution is 2.35. The Morgan fingerprint density at radius 1 is 1.25 bits per heavy atom. The Bertz CT molecular complexity index is 594. The number of nitrogens with one attached hydrogen (secondary N) is 1. The molecule has 0 bridgehead atoms. The Labute approximate surface area is 119 Å². The van der Waals surface area contributed by atoms with Crippen molar-refractivity contribution in [2.24, 2.45) is 5.92 Å².